The minimum Gasteiger partial charge on any atom is -0.382 e. The summed E-state index contributed by atoms with van der Waals surface area (Å²) in [6, 6.07) is 3.90. The lowest BCUT2D eigenvalue weighted by molar-refractivity contribution is -0.150. The van der Waals surface area contributed by atoms with Gasteiger partial charge in [0.2, 0.25) is 0 Å². The summed E-state index contributed by atoms with van der Waals surface area (Å²) >= 11 is 0. The maximum Gasteiger partial charge on any atom is 0.252 e. The molecule has 5 heterocycles. The molecular formula is C22H30N6O2. The Hall–Kier alpha value is -2.63. The fourth-order valence-electron chi connectivity index (χ4n) is 5.38. The van der Waals surface area contributed by atoms with Gasteiger partial charge in [0.25, 0.3) is 5.91 Å². The molecule has 0 radical (unpaired) electrons. The molecule has 0 bridgehead atoms. The Morgan fingerprint density at radius 1 is 1.30 bits per heavy atom. The lowest BCUT2D eigenvalue weighted by atomic mass is 9.85. The molecule has 160 valence electrons. The predicted octanol–water partition coefficient (Wildman–Crippen LogP) is 1.77. The summed E-state index contributed by atoms with van der Waals surface area (Å²) in [5.41, 5.74) is 7.70. The molecule has 1 spiro atoms. The lowest BCUT2D eigenvalue weighted by Gasteiger charge is -2.43. The largest absolute Gasteiger partial charge is 0.382 e. The second kappa shape index (κ2) is 8.25. The summed E-state index contributed by atoms with van der Waals surface area (Å²) in [6.07, 6.45) is 14.0. The second-order valence-electron chi connectivity index (χ2n) is 8.53. The number of carbonyl (C=O) groups excluding carboxylic acids is 1. The highest BCUT2D eigenvalue weighted by molar-refractivity contribution is 5.82. The van der Waals surface area contributed by atoms with Crippen molar-refractivity contribution in [2.75, 3.05) is 25.4 Å². The molecule has 0 aliphatic carbocycles. The van der Waals surface area contributed by atoms with Crippen LogP contribution in [0, 0.1) is 18.8 Å². The third kappa shape index (κ3) is 3.32. The first-order chi connectivity index (χ1) is 14.6. The highest BCUT2D eigenvalue weighted by atomic mass is 16.5. The Balaban J connectivity index is 0.00000106. The molecule has 1 unspecified atom stereocenters. The monoisotopic (exact) mass is 410 g/mol. The van der Waals surface area contributed by atoms with Crippen LogP contribution in [0.2, 0.25) is 0 Å². The lowest BCUT2D eigenvalue weighted by Crippen LogP contribution is -2.56. The molecule has 0 aromatic carbocycles. The number of carbonyl (C=O) groups is 1. The molecule has 8 heteroatoms. The van der Waals surface area contributed by atoms with Gasteiger partial charge in [-0.15, -0.1) is 12.8 Å². The van der Waals surface area contributed by atoms with Crippen LogP contribution in [-0.4, -0.2) is 56.7 Å². The summed E-state index contributed by atoms with van der Waals surface area (Å²) in [4.78, 5) is 19.7. The van der Waals surface area contributed by atoms with Crippen LogP contribution < -0.4 is 11.1 Å². The Bertz CT molecular complexity index is 932. The van der Waals surface area contributed by atoms with Crippen LogP contribution in [-0.2, 0) is 9.53 Å². The summed E-state index contributed by atoms with van der Waals surface area (Å²) in [6.45, 7) is 4.95. The quantitative estimate of drug-likeness (QED) is 0.733. The van der Waals surface area contributed by atoms with Gasteiger partial charge in [-0.1, -0.05) is 6.92 Å². The maximum absolute atomic E-state index is 13.5. The van der Waals surface area contributed by atoms with Crippen LogP contribution >= 0.6 is 0 Å². The molecule has 3 N–H and O–H groups in total. The first-order valence-electron chi connectivity index (χ1n) is 10.7. The first-order valence-corrected chi connectivity index (χ1v) is 10.7. The Morgan fingerprint density at radius 3 is 2.83 bits per heavy atom. The van der Waals surface area contributed by atoms with Crippen LogP contribution in [0.15, 0.2) is 18.5 Å². The van der Waals surface area contributed by atoms with Gasteiger partial charge in [0.05, 0.1) is 5.69 Å². The maximum atomic E-state index is 13.5. The number of likely N-dealkylation sites (tertiary alicyclic amines) is 1. The number of anilines is 1. The van der Waals surface area contributed by atoms with Crippen molar-refractivity contribution in [3.8, 4) is 12.8 Å². The zero-order chi connectivity index (χ0) is 21.3. The SMILES string of the molecule is C#C.CC1C[C@H](c2ccc3c(N)ncnn23)O[C@@H]1C(=O)N1CCCC12CCNCC2. The van der Waals surface area contributed by atoms with Crippen LogP contribution in [0.3, 0.4) is 0 Å². The van der Waals surface area contributed by atoms with E-state index in [-0.39, 0.29) is 29.6 Å². The van der Waals surface area contributed by atoms with Gasteiger partial charge in [-0.2, -0.15) is 5.10 Å². The number of ether oxygens (including phenoxy) is 1. The minimum absolute atomic E-state index is 0.0347. The number of piperidine rings is 1. The van der Waals surface area contributed by atoms with Crippen molar-refractivity contribution in [1.82, 2.24) is 24.8 Å². The Labute approximate surface area is 177 Å². The number of nitrogens with one attached hydrogen (secondary N) is 1. The fraction of sp³-hybridized carbons (Fsp3) is 0.591. The van der Waals surface area contributed by atoms with Gasteiger partial charge in [-0.25, -0.2) is 9.50 Å². The zero-order valence-corrected chi connectivity index (χ0v) is 17.5. The van der Waals surface area contributed by atoms with Crippen molar-refractivity contribution in [3.63, 3.8) is 0 Å². The van der Waals surface area contributed by atoms with Gasteiger partial charge in [-0.05, 0) is 63.2 Å². The number of nitrogen functional groups attached to an aromatic ring is 1. The van der Waals surface area contributed by atoms with Crippen LogP contribution in [0.5, 0.6) is 0 Å². The molecule has 0 saturated carbocycles. The second-order valence-corrected chi connectivity index (χ2v) is 8.53. The molecule has 2 aromatic heterocycles. The van der Waals surface area contributed by atoms with Crippen LogP contribution in [0.25, 0.3) is 5.52 Å². The molecular weight excluding hydrogens is 380 g/mol. The number of rotatable bonds is 2. The number of fused-ring (bicyclic) bond motifs is 1. The number of terminal acetylenes is 1. The van der Waals surface area contributed by atoms with Gasteiger partial charge < -0.3 is 20.7 Å². The van der Waals surface area contributed by atoms with Crippen molar-refractivity contribution < 1.29 is 9.53 Å². The molecule has 3 aliphatic heterocycles. The van der Waals surface area contributed by atoms with E-state index in [2.05, 4.69) is 40.1 Å². The van der Waals surface area contributed by atoms with Crippen molar-refractivity contribution in [1.29, 1.82) is 0 Å². The molecule has 5 rings (SSSR count). The smallest absolute Gasteiger partial charge is 0.252 e. The molecule has 30 heavy (non-hydrogen) atoms. The summed E-state index contributed by atoms with van der Waals surface area (Å²) in [7, 11) is 0. The number of nitrogens with two attached hydrogens (primary N) is 1. The zero-order valence-electron chi connectivity index (χ0n) is 17.5. The number of aromatic nitrogens is 3. The topological polar surface area (TPSA) is 97.8 Å². The van der Waals surface area contributed by atoms with E-state index in [9.17, 15) is 4.79 Å². The molecule has 8 nitrogen and oxygen atoms in total. The van der Waals surface area contributed by atoms with Crippen LogP contribution in [0.4, 0.5) is 5.82 Å². The van der Waals surface area contributed by atoms with Crippen LogP contribution in [0.1, 0.15) is 50.8 Å². The van der Waals surface area contributed by atoms with Gasteiger partial charge in [0.15, 0.2) is 5.82 Å². The van der Waals surface area contributed by atoms with Crippen molar-refractivity contribution >= 4 is 17.2 Å². The number of nitrogens with zero attached hydrogens (tertiary/aromatic N) is 4. The third-order valence-corrected chi connectivity index (χ3v) is 6.89. The van der Waals surface area contributed by atoms with E-state index >= 15 is 0 Å². The van der Waals surface area contributed by atoms with Crippen molar-refractivity contribution in [3.05, 3.63) is 24.2 Å². The van der Waals surface area contributed by atoms with E-state index in [0.29, 0.717) is 5.82 Å². The first kappa shape index (κ1) is 20.6. The molecule has 3 atom stereocenters. The highest BCUT2D eigenvalue weighted by Crippen LogP contribution is 2.42. The van der Waals surface area contributed by atoms with E-state index in [1.165, 1.54) is 6.33 Å². The highest BCUT2D eigenvalue weighted by Gasteiger charge is 2.49. The van der Waals surface area contributed by atoms with E-state index in [1.54, 1.807) is 4.52 Å². The fourth-order valence-corrected chi connectivity index (χ4v) is 5.38. The van der Waals surface area contributed by atoms with Crippen molar-refractivity contribution in [2.45, 2.75) is 56.8 Å². The average Bonchev–Trinajstić information content (AvgIpc) is 3.47. The summed E-state index contributed by atoms with van der Waals surface area (Å²) in [5, 5.41) is 7.76. The van der Waals surface area contributed by atoms with E-state index in [1.807, 2.05) is 12.1 Å². The summed E-state index contributed by atoms with van der Waals surface area (Å²) in [5.74, 6) is 0.788. The molecule has 3 aliphatic rings. The minimum atomic E-state index is -0.389. The predicted molar refractivity (Wildman–Crippen MR) is 114 cm³/mol. The molecule has 3 fully saturated rings. The van der Waals surface area contributed by atoms with Gasteiger partial charge in [-0.3, -0.25) is 4.79 Å². The average molecular weight is 411 g/mol. The van der Waals surface area contributed by atoms with E-state index in [4.69, 9.17) is 10.5 Å². The van der Waals surface area contributed by atoms with Gasteiger partial charge in [0.1, 0.15) is 24.1 Å². The van der Waals surface area contributed by atoms with E-state index < -0.39 is 0 Å². The van der Waals surface area contributed by atoms with Crippen molar-refractivity contribution in [2.24, 2.45) is 5.92 Å². The normalized spacial score (nSPS) is 27.8. The third-order valence-electron chi connectivity index (χ3n) is 6.89. The molecule has 1 amide bonds. The molecule has 3 saturated heterocycles. The van der Waals surface area contributed by atoms with Gasteiger partial charge >= 0.3 is 0 Å². The summed E-state index contributed by atoms with van der Waals surface area (Å²) < 4.78 is 8.13. The Morgan fingerprint density at radius 2 is 2.07 bits per heavy atom. The molecule has 2 aromatic rings. The van der Waals surface area contributed by atoms with E-state index in [0.717, 1.165) is 62.9 Å². The standard InChI is InChI=1S/C20H28N6O2.C2H2/c1-13-11-16(14-3-4-15-18(21)23-12-24-26(14)15)28-17(13)19(27)25-10-2-5-20(25)6-8-22-9-7-20;1-2/h3-4,12-13,16-17,22H,2,5-11H2,1H3,(H2,21,23,24);1-2H/t13?,16-,17+;/m1./s1. The number of hydrogen-bond acceptors (Lipinski definition) is 6. The number of amides is 1. The number of hydrogen-bond donors (Lipinski definition) is 2. The van der Waals surface area contributed by atoms with Gasteiger partial charge in [0, 0.05) is 12.1 Å². The Kier molecular flexibility index (Phi) is 5.67.